The van der Waals surface area contributed by atoms with Crippen LogP contribution in [0, 0.1) is 0 Å². The number of hydrogen-bond acceptors (Lipinski definition) is 4. The van der Waals surface area contributed by atoms with Gasteiger partial charge in [0.2, 0.25) is 0 Å². The quantitative estimate of drug-likeness (QED) is 0.639. The predicted octanol–water partition coefficient (Wildman–Crippen LogP) is 4.12. The highest BCUT2D eigenvalue weighted by molar-refractivity contribution is 5.98. The molecule has 0 bridgehead atoms. The molecule has 2 amide bonds. The van der Waals surface area contributed by atoms with E-state index in [0.29, 0.717) is 31.7 Å². The molecular weight excluding hydrogens is 400 g/mol. The molecule has 1 aromatic heterocycles. The molecule has 1 N–H and O–H groups in total. The van der Waals surface area contributed by atoms with E-state index in [1.54, 1.807) is 6.20 Å². The Morgan fingerprint density at radius 1 is 0.969 bits per heavy atom. The first kappa shape index (κ1) is 21.8. The minimum Gasteiger partial charge on any atom is -0.353 e. The Labute approximate surface area is 189 Å². The maximum absolute atomic E-state index is 13.0. The molecule has 3 aromatic rings. The summed E-state index contributed by atoms with van der Waals surface area (Å²) < 4.78 is 0. The zero-order valence-corrected chi connectivity index (χ0v) is 18.8. The molecule has 2 heterocycles. The smallest absolute Gasteiger partial charge is 0.253 e. The van der Waals surface area contributed by atoms with Gasteiger partial charge in [-0.25, -0.2) is 4.98 Å². The van der Waals surface area contributed by atoms with E-state index in [2.05, 4.69) is 28.2 Å². The Bertz CT molecular complexity index is 1090. The summed E-state index contributed by atoms with van der Waals surface area (Å²) in [5.74, 6) is 0.813. The highest BCUT2D eigenvalue weighted by Crippen LogP contribution is 2.19. The van der Waals surface area contributed by atoms with Crippen LogP contribution in [0.4, 0.5) is 5.82 Å². The van der Waals surface area contributed by atoms with Gasteiger partial charge in [-0.05, 0) is 48.4 Å². The van der Waals surface area contributed by atoms with Crippen LogP contribution in [0.25, 0.3) is 10.8 Å². The highest BCUT2D eigenvalue weighted by Gasteiger charge is 2.23. The Hall–Kier alpha value is -3.41. The van der Waals surface area contributed by atoms with Gasteiger partial charge in [-0.2, -0.15) is 0 Å². The van der Waals surface area contributed by atoms with Crippen LogP contribution in [0.15, 0.2) is 60.8 Å². The second-order valence-corrected chi connectivity index (χ2v) is 8.41. The maximum Gasteiger partial charge on any atom is 0.253 e. The lowest BCUT2D eigenvalue weighted by Gasteiger charge is -2.35. The van der Waals surface area contributed by atoms with Crippen LogP contribution in [-0.4, -0.2) is 53.9 Å². The Kier molecular flexibility index (Phi) is 6.69. The van der Waals surface area contributed by atoms with E-state index in [1.807, 2.05) is 60.4 Å². The average Bonchev–Trinajstić information content (AvgIpc) is 2.83. The van der Waals surface area contributed by atoms with E-state index < -0.39 is 0 Å². The number of hydrogen-bond donors (Lipinski definition) is 1. The van der Waals surface area contributed by atoms with Gasteiger partial charge >= 0.3 is 0 Å². The number of aromatic nitrogens is 1. The van der Waals surface area contributed by atoms with Crippen molar-refractivity contribution >= 4 is 28.4 Å². The van der Waals surface area contributed by atoms with Crippen LogP contribution < -0.4 is 10.2 Å². The Balaban J connectivity index is 1.34. The van der Waals surface area contributed by atoms with Gasteiger partial charge < -0.3 is 15.1 Å². The summed E-state index contributed by atoms with van der Waals surface area (Å²) in [5, 5.41) is 5.22. The third kappa shape index (κ3) is 4.90. The van der Waals surface area contributed by atoms with Gasteiger partial charge in [-0.1, -0.05) is 43.7 Å². The first-order chi connectivity index (χ1) is 15.5. The van der Waals surface area contributed by atoms with E-state index in [9.17, 15) is 9.59 Å². The molecule has 32 heavy (non-hydrogen) atoms. The first-order valence-corrected chi connectivity index (χ1v) is 11.3. The average molecular weight is 431 g/mol. The maximum atomic E-state index is 13.0. The van der Waals surface area contributed by atoms with Crippen LogP contribution in [0.2, 0.25) is 0 Å². The first-order valence-electron chi connectivity index (χ1n) is 11.3. The van der Waals surface area contributed by atoms with E-state index in [4.69, 9.17) is 0 Å². The molecule has 1 aliphatic heterocycles. The molecule has 1 atom stereocenters. The molecular formula is C26H30N4O2. The van der Waals surface area contributed by atoms with Crippen molar-refractivity contribution in [2.24, 2.45) is 0 Å². The molecule has 2 aromatic carbocycles. The summed E-state index contributed by atoms with van der Waals surface area (Å²) in [6, 6.07) is 17.8. The summed E-state index contributed by atoms with van der Waals surface area (Å²) in [7, 11) is 0. The molecule has 1 aliphatic rings. The third-order valence-electron chi connectivity index (χ3n) is 6.00. The van der Waals surface area contributed by atoms with E-state index >= 15 is 0 Å². The zero-order chi connectivity index (χ0) is 22.5. The fourth-order valence-corrected chi connectivity index (χ4v) is 4.16. The molecule has 1 unspecified atom stereocenters. The second-order valence-electron chi connectivity index (χ2n) is 8.41. The zero-order valence-electron chi connectivity index (χ0n) is 18.8. The van der Waals surface area contributed by atoms with Crippen molar-refractivity contribution in [2.45, 2.75) is 32.7 Å². The van der Waals surface area contributed by atoms with Gasteiger partial charge in [0.25, 0.3) is 11.8 Å². The van der Waals surface area contributed by atoms with Crippen molar-refractivity contribution in [2.75, 3.05) is 31.1 Å². The summed E-state index contributed by atoms with van der Waals surface area (Å²) >= 11 is 0. The molecule has 6 nitrogen and oxygen atoms in total. The van der Waals surface area contributed by atoms with Gasteiger partial charge in [0, 0.05) is 44.0 Å². The number of rotatable bonds is 6. The number of fused-ring (bicyclic) bond motifs is 1. The largest absolute Gasteiger partial charge is 0.353 e. The van der Waals surface area contributed by atoms with Crippen molar-refractivity contribution in [3.05, 3.63) is 71.9 Å². The van der Waals surface area contributed by atoms with Gasteiger partial charge in [0.15, 0.2) is 0 Å². The van der Waals surface area contributed by atoms with E-state index in [1.165, 1.54) is 0 Å². The van der Waals surface area contributed by atoms with E-state index in [0.717, 1.165) is 35.0 Å². The SMILES string of the molecule is CCCC(C)NC(=O)c1ccc(N2CCN(C(=O)c3ccc4ccccc4c3)CC2)nc1. The summed E-state index contributed by atoms with van der Waals surface area (Å²) in [5.41, 5.74) is 1.30. The summed E-state index contributed by atoms with van der Waals surface area (Å²) in [6.45, 7) is 6.83. The lowest BCUT2D eigenvalue weighted by Crippen LogP contribution is -2.49. The molecule has 166 valence electrons. The Morgan fingerprint density at radius 3 is 2.38 bits per heavy atom. The van der Waals surface area contributed by atoms with E-state index in [-0.39, 0.29) is 17.9 Å². The number of carbonyl (C=O) groups excluding carboxylic acids is 2. The molecule has 1 saturated heterocycles. The lowest BCUT2D eigenvalue weighted by atomic mass is 10.1. The molecule has 4 rings (SSSR count). The topological polar surface area (TPSA) is 65.5 Å². The Morgan fingerprint density at radius 2 is 1.69 bits per heavy atom. The monoisotopic (exact) mass is 430 g/mol. The standard InChI is InChI=1S/C26H30N4O2/c1-3-6-19(2)28-25(31)23-11-12-24(27-18-23)29-13-15-30(16-14-29)26(32)22-10-9-20-7-4-5-8-21(20)17-22/h4-5,7-12,17-19H,3,6,13-16H2,1-2H3,(H,28,31). The van der Waals surface area contributed by atoms with Crippen molar-refractivity contribution in [1.82, 2.24) is 15.2 Å². The van der Waals surface area contributed by atoms with Gasteiger partial charge in [0.1, 0.15) is 5.82 Å². The van der Waals surface area contributed by atoms with Crippen LogP contribution >= 0.6 is 0 Å². The summed E-state index contributed by atoms with van der Waals surface area (Å²) in [4.78, 5) is 33.9. The lowest BCUT2D eigenvalue weighted by molar-refractivity contribution is 0.0746. The minimum absolute atomic E-state index is 0.0663. The van der Waals surface area contributed by atoms with Crippen LogP contribution in [0.1, 0.15) is 47.4 Å². The second kappa shape index (κ2) is 9.81. The fourth-order valence-electron chi connectivity index (χ4n) is 4.16. The van der Waals surface area contributed by atoms with Crippen LogP contribution in [-0.2, 0) is 0 Å². The summed E-state index contributed by atoms with van der Waals surface area (Å²) in [6.07, 6.45) is 3.63. The van der Waals surface area contributed by atoms with Gasteiger partial charge in [-0.3, -0.25) is 9.59 Å². The molecule has 0 aliphatic carbocycles. The molecule has 0 spiro atoms. The molecule has 0 radical (unpaired) electrons. The number of amides is 2. The number of nitrogens with zero attached hydrogens (tertiary/aromatic N) is 3. The number of nitrogens with one attached hydrogen (secondary N) is 1. The molecule has 0 saturated carbocycles. The van der Waals surface area contributed by atoms with Gasteiger partial charge in [-0.15, -0.1) is 0 Å². The van der Waals surface area contributed by atoms with Crippen molar-refractivity contribution < 1.29 is 9.59 Å². The highest BCUT2D eigenvalue weighted by atomic mass is 16.2. The number of piperazine rings is 1. The normalized spacial score (nSPS) is 14.9. The van der Waals surface area contributed by atoms with Gasteiger partial charge in [0.05, 0.1) is 5.56 Å². The number of pyridine rings is 1. The molecule has 1 fully saturated rings. The van der Waals surface area contributed by atoms with Crippen LogP contribution in [0.3, 0.4) is 0 Å². The number of benzene rings is 2. The number of anilines is 1. The van der Waals surface area contributed by atoms with Crippen molar-refractivity contribution in [1.29, 1.82) is 0 Å². The minimum atomic E-state index is -0.0872. The van der Waals surface area contributed by atoms with Crippen LogP contribution in [0.5, 0.6) is 0 Å². The fraction of sp³-hybridized carbons (Fsp3) is 0.346. The number of carbonyl (C=O) groups is 2. The molecule has 6 heteroatoms. The van der Waals surface area contributed by atoms with Crippen molar-refractivity contribution in [3.63, 3.8) is 0 Å². The predicted molar refractivity (Wildman–Crippen MR) is 128 cm³/mol. The third-order valence-corrected chi connectivity index (χ3v) is 6.00. The van der Waals surface area contributed by atoms with Crippen molar-refractivity contribution in [3.8, 4) is 0 Å².